The van der Waals surface area contributed by atoms with Crippen molar-refractivity contribution in [2.24, 2.45) is 0 Å². The lowest BCUT2D eigenvalue weighted by atomic mass is 9.93. The van der Waals surface area contributed by atoms with Crippen LogP contribution in [0.5, 0.6) is 0 Å². The van der Waals surface area contributed by atoms with Gasteiger partial charge < -0.3 is 14.6 Å². The third kappa shape index (κ3) is 5.66. The summed E-state index contributed by atoms with van der Waals surface area (Å²) in [6.45, 7) is 2.46. The smallest absolute Gasteiger partial charge is 0.349 e. The highest BCUT2D eigenvalue weighted by atomic mass is 16.6. The van der Waals surface area contributed by atoms with E-state index in [1.165, 1.54) is 0 Å². The molecule has 1 unspecified atom stereocenters. The first-order chi connectivity index (χ1) is 13.6. The number of aliphatic hydroxyl groups is 1. The van der Waals surface area contributed by atoms with Gasteiger partial charge in [-0.15, -0.1) is 0 Å². The minimum absolute atomic E-state index is 0.187. The van der Waals surface area contributed by atoms with Gasteiger partial charge in [0.15, 0.2) is 0 Å². The second-order valence-corrected chi connectivity index (χ2v) is 5.68. The minimum Gasteiger partial charge on any atom is -0.460 e. The number of nitrogens with zero attached hydrogens (tertiary/aromatic N) is 1. The molecule has 0 spiro atoms. The number of carbonyl (C=O) groups is 2. The van der Waals surface area contributed by atoms with Crippen LogP contribution in [0, 0.1) is 11.3 Å². The standard InChI is InChI=1S/C22H19NO5/c1-2-20(25)27-14-18(24)15-28-22(26)19(13-23)21(16-9-5-3-6-10-16)17-11-7-4-8-12-17/h2-12,18,24H,1,14-15H2. The van der Waals surface area contributed by atoms with Crippen LogP contribution in [0.2, 0.25) is 0 Å². The summed E-state index contributed by atoms with van der Waals surface area (Å²) < 4.78 is 9.74. The molecule has 6 nitrogen and oxygen atoms in total. The maximum atomic E-state index is 12.5. The van der Waals surface area contributed by atoms with Gasteiger partial charge in [-0.1, -0.05) is 67.2 Å². The first-order valence-corrected chi connectivity index (χ1v) is 8.46. The number of aliphatic hydroxyl groups excluding tert-OH is 1. The van der Waals surface area contributed by atoms with Crippen molar-refractivity contribution in [2.75, 3.05) is 13.2 Å². The molecule has 0 aliphatic carbocycles. The Hall–Kier alpha value is -3.69. The Labute approximate surface area is 162 Å². The van der Waals surface area contributed by atoms with E-state index in [0.717, 1.165) is 6.08 Å². The average Bonchev–Trinajstić information content (AvgIpc) is 2.75. The molecule has 0 fully saturated rings. The van der Waals surface area contributed by atoms with Gasteiger partial charge in [-0.25, -0.2) is 9.59 Å². The molecule has 1 atom stereocenters. The van der Waals surface area contributed by atoms with Gasteiger partial charge >= 0.3 is 11.9 Å². The quantitative estimate of drug-likeness (QED) is 0.432. The highest BCUT2D eigenvalue weighted by Gasteiger charge is 2.21. The predicted molar refractivity (Wildman–Crippen MR) is 103 cm³/mol. The Kier molecular flexibility index (Phi) is 7.70. The van der Waals surface area contributed by atoms with E-state index in [0.29, 0.717) is 16.7 Å². The summed E-state index contributed by atoms with van der Waals surface area (Å²) >= 11 is 0. The fraction of sp³-hybridized carbons (Fsp3) is 0.136. The van der Waals surface area contributed by atoms with E-state index in [1.54, 1.807) is 48.5 Å². The van der Waals surface area contributed by atoms with Crippen LogP contribution < -0.4 is 0 Å². The maximum absolute atomic E-state index is 12.5. The van der Waals surface area contributed by atoms with Crippen molar-refractivity contribution in [3.05, 3.63) is 90.0 Å². The van der Waals surface area contributed by atoms with Crippen molar-refractivity contribution in [3.8, 4) is 6.07 Å². The first-order valence-electron chi connectivity index (χ1n) is 8.46. The molecule has 0 radical (unpaired) electrons. The Bertz CT molecular complexity index is 856. The van der Waals surface area contributed by atoms with Crippen molar-refractivity contribution in [3.63, 3.8) is 0 Å². The summed E-state index contributed by atoms with van der Waals surface area (Å²) in [7, 11) is 0. The van der Waals surface area contributed by atoms with Crippen LogP contribution >= 0.6 is 0 Å². The maximum Gasteiger partial charge on any atom is 0.349 e. The molecule has 0 aliphatic rings. The zero-order chi connectivity index (χ0) is 20.4. The van der Waals surface area contributed by atoms with Crippen molar-refractivity contribution >= 4 is 17.5 Å². The zero-order valence-electron chi connectivity index (χ0n) is 15.1. The van der Waals surface area contributed by atoms with Crippen LogP contribution in [0.1, 0.15) is 11.1 Å². The third-order valence-electron chi connectivity index (χ3n) is 3.68. The lowest BCUT2D eigenvalue weighted by molar-refractivity contribution is -0.146. The molecule has 6 heteroatoms. The van der Waals surface area contributed by atoms with Crippen molar-refractivity contribution in [1.29, 1.82) is 5.26 Å². The van der Waals surface area contributed by atoms with Gasteiger partial charge in [0.25, 0.3) is 0 Å². The predicted octanol–water partition coefficient (Wildman–Crippen LogP) is 2.65. The van der Waals surface area contributed by atoms with Crippen LogP contribution in [-0.4, -0.2) is 36.4 Å². The normalized spacial score (nSPS) is 10.9. The molecular weight excluding hydrogens is 358 g/mol. The van der Waals surface area contributed by atoms with Crippen molar-refractivity contribution < 1.29 is 24.2 Å². The second-order valence-electron chi connectivity index (χ2n) is 5.68. The van der Waals surface area contributed by atoms with E-state index in [9.17, 15) is 20.0 Å². The summed E-state index contributed by atoms with van der Waals surface area (Å²) in [5, 5.41) is 19.4. The van der Waals surface area contributed by atoms with E-state index >= 15 is 0 Å². The van der Waals surface area contributed by atoms with Crippen molar-refractivity contribution in [1.82, 2.24) is 0 Å². The lowest BCUT2D eigenvalue weighted by Crippen LogP contribution is -2.25. The minimum atomic E-state index is -1.22. The lowest BCUT2D eigenvalue weighted by Gasteiger charge is -2.14. The van der Waals surface area contributed by atoms with E-state index < -0.39 is 24.6 Å². The van der Waals surface area contributed by atoms with Gasteiger partial charge in [-0.3, -0.25) is 0 Å². The van der Waals surface area contributed by atoms with Crippen LogP contribution in [0.4, 0.5) is 0 Å². The van der Waals surface area contributed by atoms with Crippen LogP contribution in [0.15, 0.2) is 78.9 Å². The second kappa shape index (κ2) is 10.5. The molecular formula is C22H19NO5. The van der Waals surface area contributed by atoms with Gasteiger partial charge in [-0.2, -0.15) is 5.26 Å². The van der Waals surface area contributed by atoms with Gasteiger partial charge in [0.2, 0.25) is 0 Å². The number of benzene rings is 2. The van der Waals surface area contributed by atoms with Gasteiger partial charge in [0.1, 0.15) is 31.0 Å². The first kappa shape index (κ1) is 20.6. The summed E-state index contributed by atoms with van der Waals surface area (Å²) in [5.41, 5.74) is 1.61. The highest BCUT2D eigenvalue weighted by molar-refractivity contribution is 6.05. The zero-order valence-corrected chi connectivity index (χ0v) is 15.1. The fourth-order valence-electron chi connectivity index (χ4n) is 2.40. The molecule has 1 N–H and O–H groups in total. The van der Waals surface area contributed by atoms with Crippen molar-refractivity contribution in [2.45, 2.75) is 6.10 Å². The molecule has 142 valence electrons. The van der Waals surface area contributed by atoms with E-state index in [-0.39, 0.29) is 12.2 Å². The average molecular weight is 377 g/mol. The van der Waals surface area contributed by atoms with Gasteiger partial charge in [0.05, 0.1) is 0 Å². The largest absolute Gasteiger partial charge is 0.460 e. The Morgan fingerprint density at radius 1 is 1.00 bits per heavy atom. The number of ether oxygens (including phenoxy) is 2. The summed E-state index contributed by atoms with van der Waals surface area (Å²) in [5.74, 6) is -1.57. The van der Waals surface area contributed by atoms with E-state index in [2.05, 4.69) is 11.3 Å². The third-order valence-corrected chi connectivity index (χ3v) is 3.68. The van der Waals surface area contributed by atoms with E-state index in [4.69, 9.17) is 4.74 Å². The molecule has 28 heavy (non-hydrogen) atoms. The molecule has 0 heterocycles. The molecule has 0 aromatic heterocycles. The van der Waals surface area contributed by atoms with Crippen LogP contribution in [0.25, 0.3) is 5.57 Å². The summed E-state index contributed by atoms with van der Waals surface area (Å²) in [4.78, 5) is 23.5. The Balaban J connectivity index is 2.25. The number of hydrogen-bond acceptors (Lipinski definition) is 6. The Morgan fingerprint density at radius 3 is 1.96 bits per heavy atom. The SMILES string of the molecule is C=CC(=O)OCC(O)COC(=O)C(C#N)=C(c1ccccc1)c1ccccc1. The summed E-state index contributed by atoms with van der Waals surface area (Å²) in [6.07, 6.45) is -0.258. The van der Waals surface area contributed by atoms with Gasteiger partial charge in [-0.05, 0) is 11.1 Å². The Morgan fingerprint density at radius 2 is 1.50 bits per heavy atom. The molecule has 2 aromatic rings. The number of carbonyl (C=O) groups excluding carboxylic acids is 2. The topological polar surface area (TPSA) is 96.6 Å². The molecule has 2 rings (SSSR count). The highest BCUT2D eigenvalue weighted by Crippen LogP contribution is 2.27. The number of rotatable bonds is 8. The molecule has 0 amide bonds. The van der Waals surface area contributed by atoms with Crippen LogP contribution in [0.3, 0.4) is 0 Å². The number of hydrogen-bond donors (Lipinski definition) is 1. The summed E-state index contributed by atoms with van der Waals surface area (Å²) in [6, 6.07) is 19.9. The number of esters is 2. The molecule has 0 bridgehead atoms. The van der Waals surface area contributed by atoms with Crippen LogP contribution in [-0.2, 0) is 19.1 Å². The fourth-order valence-corrected chi connectivity index (χ4v) is 2.40. The number of nitriles is 1. The monoisotopic (exact) mass is 377 g/mol. The molecule has 0 saturated heterocycles. The van der Waals surface area contributed by atoms with Gasteiger partial charge in [0, 0.05) is 11.6 Å². The molecule has 0 saturated carbocycles. The molecule has 0 aliphatic heterocycles. The van der Waals surface area contributed by atoms with E-state index in [1.807, 2.05) is 18.2 Å². The molecule has 2 aromatic carbocycles.